The molecule has 0 aromatic heterocycles. The van der Waals surface area contributed by atoms with E-state index in [9.17, 15) is 9.90 Å². The van der Waals surface area contributed by atoms with Crippen LogP contribution in [0.3, 0.4) is 0 Å². The predicted molar refractivity (Wildman–Crippen MR) is 93.1 cm³/mol. The summed E-state index contributed by atoms with van der Waals surface area (Å²) in [6.07, 6.45) is -0.509. The first-order valence-electron chi connectivity index (χ1n) is 7.90. The molecular formula is C17H25N3O4. The molecule has 0 radical (unpaired) electrons. The number of carbonyl (C=O) groups is 1. The van der Waals surface area contributed by atoms with E-state index in [-0.39, 0.29) is 19.1 Å². The number of aliphatic hydroxyl groups excluding tert-OH is 1. The van der Waals surface area contributed by atoms with Crippen LogP contribution in [0.25, 0.3) is 0 Å². The molecule has 1 heterocycles. The quantitative estimate of drug-likeness (QED) is 0.786. The zero-order chi connectivity index (χ0) is 17.7. The van der Waals surface area contributed by atoms with Gasteiger partial charge in [-0.25, -0.2) is 9.79 Å². The summed E-state index contributed by atoms with van der Waals surface area (Å²) in [6.45, 7) is 6.06. The molecule has 1 atom stereocenters. The molecule has 7 heteroatoms. The third kappa shape index (κ3) is 4.61. The van der Waals surface area contributed by atoms with E-state index in [0.717, 1.165) is 16.9 Å². The highest BCUT2D eigenvalue weighted by Crippen LogP contribution is 2.36. The number of ether oxygens (including phenoxy) is 2. The van der Waals surface area contributed by atoms with Crippen molar-refractivity contribution in [3.63, 3.8) is 0 Å². The third-order valence-electron chi connectivity index (χ3n) is 3.52. The highest BCUT2D eigenvalue weighted by Gasteiger charge is 2.22. The van der Waals surface area contributed by atoms with E-state index in [4.69, 9.17) is 9.47 Å². The van der Waals surface area contributed by atoms with Gasteiger partial charge in [-0.2, -0.15) is 0 Å². The van der Waals surface area contributed by atoms with Crippen LogP contribution in [-0.4, -0.2) is 49.5 Å². The van der Waals surface area contributed by atoms with Gasteiger partial charge in [0.05, 0.1) is 31.6 Å². The zero-order valence-electron chi connectivity index (χ0n) is 14.5. The van der Waals surface area contributed by atoms with Crippen LogP contribution >= 0.6 is 0 Å². The average Bonchev–Trinajstić information content (AvgIpc) is 2.53. The minimum absolute atomic E-state index is 0.121. The molecular weight excluding hydrogens is 310 g/mol. The van der Waals surface area contributed by atoms with Crippen LogP contribution < -0.4 is 10.6 Å². The fourth-order valence-electron chi connectivity index (χ4n) is 2.40. The van der Waals surface area contributed by atoms with Gasteiger partial charge in [0.2, 0.25) is 5.90 Å². The second-order valence-electron chi connectivity index (χ2n) is 6.57. The van der Waals surface area contributed by atoms with Crippen molar-refractivity contribution in [3.8, 4) is 0 Å². The molecule has 0 fully saturated rings. The highest BCUT2D eigenvalue weighted by atomic mass is 16.6. The molecule has 0 aliphatic carbocycles. The number of aliphatic hydroxyl groups is 1. The van der Waals surface area contributed by atoms with Gasteiger partial charge in [-0.3, -0.25) is 0 Å². The standard InChI is InChI=1S/C17H25N3O4/c1-17(2,3)24-16(22)19-8-11(10-21)12-6-5-7-13-15(12)20-14(23-4)9-18-13/h5-7,11,18,21H,8-10H2,1-4H3,(H,19,22). The largest absolute Gasteiger partial charge is 0.483 e. The SMILES string of the molecule is COC1=Nc2c(cccc2C(CO)CNC(=O)OC(C)(C)C)NC1. The Kier molecular flexibility index (Phi) is 5.66. The van der Waals surface area contributed by atoms with Crippen molar-refractivity contribution >= 4 is 23.4 Å². The number of benzene rings is 1. The van der Waals surface area contributed by atoms with E-state index in [1.165, 1.54) is 0 Å². The lowest BCUT2D eigenvalue weighted by Crippen LogP contribution is -2.35. The number of aliphatic imine (C=N–C) groups is 1. The maximum absolute atomic E-state index is 11.8. The number of nitrogens with one attached hydrogen (secondary N) is 2. The van der Waals surface area contributed by atoms with Crippen LogP contribution in [0, 0.1) is 0 Å². The van der Waals surface area contributed by atoms with Crippen LogP contribution in [0.5, 0.6) is 0 Å². The van der Waals surface area contributed by atoms with Crippen molar-refractivity contribution in [3.05, 3.63) is 23.8 Å². The lowest BCUT2D eigenvalue weighted by Gasteiger charge is -2.24. The molecule has 7 nitrogen and oxygen atoms in total. The summed E-state index contributed by atoms with van der Waals surface area (Å²) < 4.78 is 10.4. The summed E-state index contributed by atoms with van der Waals surface area (Å²) in [7, 11) is 1.57. The van der Waals surface area contributed by atoms with Gasteiger partial charge in [0, 0.05) is 12.5 Å². The summed E-state index contributed by atoms with van der Waals surface area (Å²) in [6, 6.07) is 5.70. The van der Waals surface area contributed by atoms with Crippen LogP contribution in [0.15, 0.2) is 23.2 Å². The van der Waals surface area contributed by atoms with Crippen molar-refractivity contribution in [1.82, 2.24) is 5.32 Å². The van der Waals surface area contributed by atoms with E-state index in [0.29, 0.717) is 12.4 Å². The number of nitrogens with zero attached hydrogens (tertiary/aromatic N) is 1. The van der Waals surface area contributed by atoms with Crippen molar-refractivity contribution in [2.75, 3.05) is 32.1 Å². The number of carbonyl (C=O) groups excluding carboxylic acids is 1. The predicted octanol–water partition coefficient (Wildman–Crippen LogP) is 2.39. The number of anilines is 1. The zero-order valence-corrected chi connectivity index (χ0v) is 14.5. The van der Waals surface area contributed by atoms with Crippen molar-refractivity contribution in [2.24, 2.45) is 4.99 Å². The maximum Gasteiger partial charge on any atom is 0.407 e. The van der Waals surface area contributed by atoms with Gasteiger partial charge in [0.1, 0.15) is 5.60 Å². The molecule has 1 aliphatic heterocycles. The Balaban J connectivity index is 2.15. The number of methoxy groups -OCH3 is 1. The van der Waals surface area contributed by atoms with Crippen molar-refractivity contribution in [1.29, 1.82) is 0 Å². The van der Waals surface area contributed by atoms with Gasteiger partial charge in [-0.05, 0) is 32.4 Å². The number of fused-ring (bicyclic) bond motifs is 1. The number of rotatable bonds is 4. The Morgan fingerprint density at radius 3 is 2.83 bits per heavy atom. The minimum Gasteiger partial charge on any atom is -0.483 e. The average molecular weight is 335 g/mol. The minimum atomic E-state index is -0.563. The van der Waals surface area contributed by atoms with Crippen LogP contribution in [0.2, 0.25) is 0 Å². The van der Waals surface area contributed by atoms with Gasteiger partial charge in [-0.15, -0.1) is 0 Å². The second kappa shape index (κ2) is 7.53. The van der Waals surface area contributed by atoms with Gasteiger partial charge >= 0.3 is 6.09 Å². The fourth-order valence-corrected chi connectivity index (χ4v) is 2.40. The third-order valence-corrected chi connectivity index (χ3v) is 3.52. The first-order chi connectivity index (χ1) is 11.3. The molecule has 0 spiro atoms. The molecule has 0 bridgehead atoms. The molecule has 1 unspecified atom stereocenters. The van der Waals surface area contributed by atoms with E-state index in [2.05, 4.69) is 15.6 Å². The molecule has 24 heavy (non-hydrogen) atoms. The molecule has 1 aromatic carbocycles. The number of para-hydroxylation sites is 1. The molecule has 3 N–H and O–H groups in total. The van der Waals surface area contributed by atoms with E-state index in [1.807, 2.05) is 18.2 Å². The maximum atomic E-state index is 11.8. The molecule has 2 rings (SSSR count). The summed E-state index contributed by atoms with van der Waals surface area (Å²) in [5.74, 6) is 0.279. The molecule has 0 saturated heterocycles. The number of alkyl carbamates (subject to hydrolysis) is 1. The van der Waals surface area contributed by atoms with E-state index < -0.39 is 11.7 Å². The van der Waals surface area contributed by atoms with Crippen molar-refractivity contribution < 1.29 is 19.4 Å². The molecule has 1 aromatic rings. The number of hydrogen-bond acceptors (Lipinski definition) is 6. The Bertz CT molecular complexity index is 623. The summed E-state index contributed by atoms with van der Waals surface area (Å²) in [5, 5.41) is 15.7. The highest BCUT2D eigenvalue weighted by molar-refractivity contribution is 5.91. The van der Waals surface area contributed by atoms with Gasteiger partial charge in [0.15, 0.2) is 0 Å². The topological polar surface area (TPSA) is 92.2 Å². The van der Waals surface area contributed by atoms with Crippen LogP contribution in [0.4, 0.5) is 16.2 Å². The molecule has 0 saturated carbocycles. The second-order valence-corrected chi connectivity index (χ2v) is 6.57. The number of hydrogen-bond donors (Lipinski definition) is 3. The van der Waals surface area contributed by atoms with Gasteiger partial charge in [0.25, 0.3) is 0 Å². The Morgan fingerprint density at radius 1 is 1.46 bits per heavy atom. The fraction of sp³-hybridized carbons (Fsp3) is 0.529. The monoisotopic (exact) mass is 335 g/mol. The molecule has 132 valence electrons. The Morgan fingerprint density at radius 2 is 2.21 bits per heavy atom. The van der Waals surface area contributed by atoms with E-state index >= 15 is 0 Å². The summed E-state index contributed by atoms with van der Waals surface area (Å²) in [5.41, 5.74) is 1.88. The summed E-state index contributed by atoms with van der Waals surface area (Å²) in [4.78, 5) is 16.3. The Hall–Kier alpha value is -2.28. The van der Waals surface area contributed by atoms with Gasteiger partial charge in [-0.1, -0.05) is 12.1 Å². The first kappa shape index (κ1) is 18.1. The first-order valence-corrected chi connectivity index (χ1v) is 7.90. The van der Waals surface area contributed by atoms with E-state index in [1.54, 1.807) is 27.9 Å². The summed E-state index contributed by atoms with van der Waals surface area (Å²) >= 11 is 0. The van der Waals surface area contributed by atoms with Crippen LogP contribution in [-0.2, 0) is 9.47 Å². The Labute approximate surface area is 142 Å². The smallest absolute Gasteiger partial charge is 0.407 e. The number of amides is 1. The molecule has 1 aliphatic rings. The molecule has 1 amide bonds. The van der Waals surface area contributed by atoms with Crippen molar-refractivity contribution in [2.45, 2.75) is 32.3 Å². The lowest BCUT2D eigenvalue weighted by atomic mass is 9.96. The lowest BCUT2D eigenvalue weighted by molar-refractivity contribution is 0.0521. The normalized spacial score (nSPS) is 14.8. The van der Waals surface area contributed by atoms with Crippen LogP contribution in [0.1, 0.15) is 32.3 Å². The van der Waals surface area contributed by atoms with Gasteiger partial charge < -0.3 is 25.2 Å².